The number of rotatable bonds is 5. The van der Waals surface area contributed by atoms with Crippen molar-refractivity contribution >= 4 is 43.1 Å². The van der Waals surface area contributed by atoms with Crippen molar-refractivity contribution in [3.8, 4) is 55.6 Å². The van der Waals surface area contributed by atoms with Gasteiger partial charge in [0.05, 0.1) is 0 Å². The van der Waals surface area contributed by atoms with Gasteiger partial charge in [0.2, 0.25) is 0 Å². The average Bonchev–Trinajstić information content (AvgIpc) is 3.22. The summed E-state index contributed by atoms with van der Waals surface area (Å²) >= 11 is 0. The Bertz CT molecular complexity index is 2800. The maximum atomic E-state index is 2.37. The molecule has 0 saturated carbocycles. The van der Waals surface area contributed by atoms with E-state index < -0.39 is 0 Å². The van der Waals surface area contributed by atoms with Crippen molar-refractivity contribution in [3.63, 3.8) is 0 Å². The third-order valence-electron chi connectivity index (χ3n) is 10.6. The monoisotopic (exact) mass is 658 g/mol. The van der Waals surface area contributed by atoms with Crippen LogP contribution in [0, 0.1) is 0 Å². The summed E-state index contributed by atoms with van der Waals surface area (Å²) in [6, 6.07) is 75.3. The first-order valence-corrected chi connectivity index (χ1v) is 18.0. The first kappa shape index (κ1) is 30.1. The van der Waals surface area contributed by atoms with Gasteiger partial charge in [0.15, 0.2) is 0 Å². The van der Waals surface area contributed by atoms with Gasteiger partial charge in [-0.2, -0.15) is 0 Å². The molecule has 0 saturated heterocycles. The minimum atomic E-state index is 1.20. The summed E-state index contributed by atoms with van der Waals surface area (Å²) in [5.41, 5.74) is 12.5. The second kappa shape index (κ2) is 12.5. The second-order valence-electron chi connectivity index (χ2n) is 13.6. The molecule has 0 radical (unpaired) electrons. The minimum Gasteiger partial charge on any atom is -0.0622 e. The molecular weight excluding hydrogens is 625 g/mol. The van der Waals surface area contributed by atoms with Crippen molar-refractivity contribution in [1.82, 2.24) is 0 Å². The fourth-order valence-corrected chi connectivity index (χ4v) is 8.39. The van der Waals surface area contributed by atoms with Gasteiger partial charge in [-0.3, -0.25) is 0 Å². The lowest BCUT2D eigenvalue weighted by molar-refractivity contribution is 1.60. The van der Waals surface area contributed by atoms with E-state index in [0.29, 0.717) is 0 Å². The van der Waals surface area contributed by atoms with Crippen molar-refractivity contribution in [2.24, 2.45) is 0 Å². The number of fused-ring (bicyclic) bond motifs is 4. The summed E-state index contributed by atoms with van der Waals surface area (Å²) in [5, 5.41) is 10.2. The molecule has 0 bridgehead atoms. The molecule has 0 aliphatic heterocycles. The van der Waals surface area contributed by atoms with Crippen LogP contribution in [0.4, 0.5) is 0 Å². The van der Waals surface area contributed by atoms with Crippen LogP contribution >= 0.6 is 0 Å². The predicted octanol–water partition coefficient (Wildman–Crippen LogP) is 14.6. The zero-order valence-corrected chi connectivity index (χ0v) is 28.6. The topological polar surface area (TPSA) is 0 Å². The number of hydrogen-bond acceptors (Lipinski definition) is 0. The van der Waals surface area contributed by atoms with Crippen LogP contribution in [0.15, 0.2) is 206 Å². The first-order valence-electron chi connectivity index (χ1n) is 18.0. The van der Waals surface area contributed by atoms with E-state index in [9.17, 15) is 0 Å². The number of benzene rings is 10. The molecule has 0 amide bonds. The van der Waals surface area contributed by atoms with Gasteiger partial charge >= 0.3 is 0 Å². The van der Waals surface area contributed by atoms with Crippen LogP contribution in [0.1, 0.15) is 0 Å². The van der Waals surface area contributed by atoms with E-state index in [0.717, 1.165) is 0 Å². The molecule has 0 aliphatic carbocycles. The normalized spacial score (nSPS) is 11.5. The Morgan fingerprint density at radius 2 is 0.404 bits per heavy atom. The van der Waals surface area contributed by atoms with Crippen molar-refractivity contribution in [3.05, 3.63) is 206 Å². The molecule has 0 spiro atoms. The number of hydrogen-bond donors (Lipinski definition) is 0. The van der Waals surface area contributed by atoms with E-state index in [-0.39, 0.29) is 0 Å². The van der Waals surface area contributed by atoms with Gasteiger partial charge in [-0.25, -0.2) is 0 Å². The van der Waals surface area contributed by atoms with E-state index in [1.54, 1.807) is 0 Å². The van der Waals surface area contributed by atoms with Crippen molar-refractivity contribution in [2.45, 2.75) is 0 Å². The maximum absolute atomic E-state index is 2.37. The van der Waals surface area contributed by atoms with Gasteiger partial charge in [0.25, 0.3) is 0 Å². The summed E-state index contributed by atoms with van der Waals surface area (Å²) in [7, 11) is 0. The van der Waals surface area contributed by atoms with Crippen LogP contribution in [0.5, 0.6) is 0 Å². The maximum Gasteiger partial charge on any atom is -0.00262 e. The highest BCUT2D eigenvalue weighted by Gasteiger charge is 2.18. The summed E-state index contributed by atoms with van der Waals surface area (Å²) in [5.74, 6) is 0. The third-order valence-corrected chi connectivity index (χ3v) is 10.6. The van der Waals surface area contributed by atoms with Crippen LogP contribution in [0.25, 0.3) is 98.7 Å². The molecule has 10 rings (SSSR count). The molecule has 242 valence electrons. The zero-order valence-electron chi connectivity index (χ0n) is 28.6. The van der Waals surface area contributed by atoms with Crippen LogP contribution in [0.3, 0.4) is 0 Å². The fraction of sp³-hybridized carbons (Fsp3) is 0. The average molecular weight is 659 g/mol. The molecule has 0 heterocycles. The highest BCUT2D eigenvalue weighted by atomic mass is 14.2. The first-order chi connectivity index (χ1) is 25.8. The lowest BCUT2D eigenvalue weighted by Crippen LogP contribution is -1.91. The fourth-order valence-electron chi connectivity index (χ4n) is 8.39. The van der Waals surface area contributed by atoms with Gasteiger partial charge in [0, 0.05) is 0 Å². The smallest absolute Gasteiger partial charge is 0.00262 e. The Hall–Kier alpha value is -6.76. The summed E-state index contributed by atoms with van der Waals surface area (Å²) in [6.07, 6.45) is 0. The van der Waals surface area contributed by atoms with Gasteiger partial charge < -0.3 is 0 Å². The highest BCUT2D eigenvalue weighted by molar-refractivity contribution is 6.22. The lowest BCUT2D eigenvalue weighted by Gasteiger charge is -2.18. The van der Waals surface area contributed by atoms with Crippen molar-refractivity contribution in [1.29, 1.82) is 0 Å². The van der Waals surface area contributed by atoms with Crippen LogP contribution in [-0.2, 0) is 0 Å². The molecule has 0 aliphatic rings. The summed E-state index contributed by atoms with van der Waals surface area (Å²) in [4.78, 5) is 0. The predicted molar refractivity (Wildman–Crippen MR) is 224 cm³/mol. The highest BCUT2D eigenvalue weighted by Crippen LogP contribution is 2.46. The second-order valence-corrected chi connectivity index (χ2v) is 13.6. The Kier molecular flexibility index (Phi) is 7.25. The lowest BCUT2D eigenvalue weighted by atomic mass is 9.85. The summed E-state index contributed by atoms with van der Waals surface area (Å²) < 4.78 is 0. The van der Waals surface area contributed by atoms with E-state index in [2.05, 4.69) is 206 Å². The van der Waals surface area contributed by atoms with E-state index in [1.807, 2.05) is 0 Å². The molecule has 0 aromatic heterocycles. The van der Waals surface area contributed by atoms with E-state index in [4.69, 9.17) is 0 Å². The third kappa shape index (κ3) is 4.92. The molecule has 0 heteroatoms. The standard InChI is InChI=1S/C52H34/c1-3-16-36(17-4-1)49-41-22-7-9-24-43(41)51(44-25-10-8-23-42(44)49)38-32-30-35(31-33-38)39-20-15-21-40(34-39)52-47-28-13-11-26-45(47)50(37-18-5-2-6-19-37)46-27-12-14-29-48(46)52/h1-34H. The molecule has 0 fully saturated rings. The van der Waals surface area contributed by atoms with E-state index in [1.165, 1.54) is 98.7 Å². The molecule has 10 aromatic rings. The SMILES string of the molecule is c1ccc(-c2c3ccccc3c(-c3ccc(-c4cccc(-c5c6ccccc6c(-c6ccccc6)c6ccccc56)c4)cc3)c3ccccc23)cc1. The largest absolute Gasteiger partial charge is 0.0622 e. The molecule has 10 aromatic carbocycles. The minimum absolute atomic E-state index is 1.20. The Labute approximate surface area is 303 Å². The molecule has 0 N–H and O–H groups in total. The summed E-state index contributed by atoms with van der Waals surface area (Å²) in [6.45, 7) is 0. The van der Waals surface area contributed by atoms with Gasteiger partial charge in [-0.15, -0.1) is 0 Å². The molecule has 0 nitrogen and oxygen atoms in total. The molecule has 0 atom stereocenters. The molecule has 0 unspecified atom stereocenters. The van der Waals surface area contributed by atoms with Crippen LogP contribution in [0.2, 0.25) is 0 Å². The Morgan fingerprint density at radius 1 is 0.154 bits per heavy atom. The molecule has 52 heavy (non-hydrogen) atoms. The van der Waals surface area contributed by atoms with Gasteiger partial charge in [-0.05, 0) is 105 Å². The zero-order chi connectivity index (χ0) is 34.4. The Morgan fingerprint density at radius 3 is 0.769 bits per heavy atom. The van der Waals surface area contributed by atoms with Gasteiger partial charge in [-0.1, -0.05) is 200 Å². The Balaban J connectivity index is 1.12. The van der Waals surface area contributed by atoms with Crippen LogP contribution in [-0.4, -0.2) is 0 Å². The van der Waals surface area contributed by atoms with Crippen LogP contribution < -0.4 is 0 Å². The molecular formula is C52H34. The van der Waals surface area contributed by atoms with Crippen molar-refractivity contribution in [2.75, 3.05) is 0 Å². The quantitative estimate of drug-likeness (QED) is 0.161. The van der Waals surface area contributed by atoms with Crippen molar-refractivity contribution < 1.29 is 0 Å². The van der Waals surface area contributed by atoms with E-state index >= 15 is 0 Å². The van der Waals surface area contributed by atoms with Gasteiger partial charge in [0.1, 0.15) is 0 Å².